The lowest BCUT2D eigenvalue weighted by Crippen LogP contribution is -2.36. The molecule has 0 saturated carbocycles. The molecule has 0 aromatic heterocycles. The molecule has 2 aliphatic rings. The van der Waals surface area contributed by atoms with Crippen molar-refractivity contribution < 1.29 is 14.3 Å². The molecular weight excluding hydrogens is 328 g/mol. The third kappa shape index (κ3) is 3.38. The summed E-state index contributed by atoms with van der Waals surface area (Å²) < 4.78 is 5.50. The average molecular weight is 350 g/mol. The summed E-state index contributed by atoms with van der Waals surface area (Å²) in [5, 5.41) is 2.92. The number of carbonyl (C=O) groups excluding carboxylic acids is 2. The van der Waals surface area contributed by atoms with Crippen LogP contribution in [0.15, 0.2) is 64.3 Å². The first-order chi connectivity index (χ1) is 12.5. The van der Waals surface area contributed by atoms with E-state index >= 15 is 0 Å². The number of benzene rings is 1. The molecule has 2 amide bonds. The minimum absolute atomic E-state index is 0.0346. The fourth-order valence-corrected chi connectivity index (χ4v) is 3.27. The Morgan fingerprint density at radius 3 is 2.77 bits per heavy atom. The van der Waals surface area contributed by atoms with Gasteiger partial charge < -0.3 is 10.1 Å². The van der Waals surface area contributed by atoms with Crippen molar-refractivity contribution in [2.24, 2.45) is 10.9 Å². The zero-order valence-electron chi connectivity index (χ0n) is 15.2. The maximum absolute atomic E-state index is 12.6. The quantitative estimate of drug-likeness (QED) is 0.902. The molecule has 26 heavy (non-hydrogen) atoms. The van der Waals surface area contributed by atoms with Gasteiger partial charge >= 0.3 is 0 Å². The van der Waals surface area contributed by atoms with E-state index in [2.05, 4.69) is 10.3 Å². The Labute approximate surface area is 153 Å². The van der Waals surface area contributed by atoms with Crippen LogP contribution in [0, 0.1) is 5.92 Å². The van der Waals surface area contributed by atoms with Crippen LogP contribution in [0.5, 0.6) is 5.75 Å². The molecule has 5 heteroatoms. The standard InChI is InChI=1S/C21H22N2O3/c1-4-15-13(3)16-11-10-14(12-18(16)23-20(15)24)22-21(25)17-8-6-7-9-19(17)26-5-2/h6-12,16H,4-5H2,1-3H3,(H,23,24). The van der Waals surface area contributed by atoms with Crippen LogP contribution in [-0.2, 0) is 4.79 Å². The number of allylic oxidation sites excluding steroid dienone is 3. The van der Waals surface area contributed by atoms with Gasteiger partial charge in [-0.1, -0.05) is 30.7 Å². The van der Waals surface area contributed by atoms with Crippen LogP contribution in [0.3, 0.4) is 0 Å². The van der Waals surface area contributed by atoms with Crippen molar-refractivity contribution in [3.8, 4) is 5.75 Å². The maximum atomic E-state index is 12.6. The molecule has 0 bridgehead atoms. The number of hydrogen-bond acceptors (Lipinski definition) is 3. The molecule has 0 spiro atoms. The fraction of sp³-hybridized carbons (Fsp3) is 0.286. The number of nitrogens with one attached hydrogen (secondary N) is 1. The summed E-state index contributed by atoms with van der Waals surface area (Å²) in [5.74, 6) is 0.113. The molecule has 1 heterocycles. The number of ether oxygens (including phenoxy) is 1. The van der Waals surface area contributed by atoms with Crippen LogP contribution in [0.4, 0.5) is 0 Å². The Balaban J connectivity index is 1.89. The van der Waals surface area contributed by atoms with E-state index in [0.29, 0.717) is 30.1 Å². The number of nitrogens with zero attached hydrogens (tertiary/aromatic N) is 1. The number of amides is 2. The van der Waals surface area contributed by atoms with Gasteiger partial charge in [0.1, 0.15) is 5.75 Å². The number of carbonyl (C=O) groups is 2. The van der Waals surface area contributed by atoms with Crippen molar-refractivity contribution >= 4 is 17.5 Å². The highest BCUT2D eigenvalue weighted by Gasteiger charge is 2.28. The second kappa shape index (κ2) is 7.52. The number of hydrogen-bond donors (Lipinski definition) is 1. The third-order valence-electron chi connectivity index (χ3n) is 4.57. The van der Waals surface area contributed by atoms with Gasteiger partial charge in [-0.15, -0.1) is 0 Å². The molecule has 1 aromatic carbocycles. The van der Waals surface area contributed by atoms with Gasteiger partial charge in [-0.05, 0) is 44.6 Å². The van der Waals surface area contributed by atoms with E-state index in [4.69, 9.17) is 4.74 Å². The molecule has 5 nitrogen and oxygen atoms in total. The van der Waals surface area contributed by atoms with Gasteiger partial charge in [0.2, 0.25) is 0 Å². The van der Waals surface area contributed by atoms with Gasteiger partial charge in [0.25, 0.3) is 11.8 Å². The summed E-state index contributed by atoms with van der Waals surface area (Å²) in [4.78, 5) is 29.0. The minimum Gasteiger partial charge on any atom is -0.493 e. The van der Waals surface area contributed by atoms with E-state index in [0.717, 1.165) is 16.8 Å². The summed E-state index contributed by atoms with van der Waals surface area (Å²) in [5.41, 5.74) is 3.56. The first-order valence-electron chi connectivity index (χ1n) is 8.80. The molecule has 3 rings (SSSR count). The van der Waals surface area contributed by atoms with Gasteiger partial charge in [-0.25, -0.2) is 4.99 Å². The van der Waals surface area contributed by atoms with Gasteiger partial charge in [-0.3, -0.25) is 9.59 Å². The molecular formula is C21H22N2O3. The molecule has 1 atom stereocenters. The van der Waals surface area contributed by atoms with Crippen molar-refractivity contribution in [1.82, 2.24) is 5.32 Å². The minimum atomic E-state index is -0.368. The number of para-hydroxylation sites is 1. The normalized spacial score (nSPS) is 20.6. The molecule has 0 radical (unpaired) electrons. The molecule has 1 aliphatic carbocycles. The molecule has 1 N–H and O–H groups in total. The second-order valence-electron chi connectivity index (χ2n) is 6.18. The van der Waals surface area contributed by atoms with Gasteiger partial charge in [0.05, 0.1) is 17.9 Å². The van der Waals surface area contributed by atoms with E-state index in [1.54, 1.807) is 24.3 Å². The lowest BCUT2D eigenvalue weighted by molar-refractivity contribution is -0.117. The summed E-state index contributed by atoms with van der Waals surface area (Å²) in [6.07, 6.45) is 6.26. The Morgan fingerprint density at radius 2 is 2.04 bits per heavy atom. The highest BCUT2D eigenvalue weighted by molar-refractivity contribution is 6.14. The highest BCUT2D eigenvalue weighted by atomic mass is 16.5. The zero-order valence-corrected chi connectivity index (χ0v) is 15.2. The average Bonchev–Trinajstić information content (AvgIpc) is 2.62. The maximum Gasteiger partial charge on any atom is 0.281 e. The predicted octanol–water partition coefficient (Wildman–Crippen LogP) is 3.59. The number of fused-ring (bicyclic) bond motifs is 1. The SMILES string of the molecule is CCOc1ccccc1C(=O)N=C1C=CC2C(=C1)NC(=O)C(CC)=C2C. The Morgan fingerprint density at radius 1 is 1.27 bits per heavy atom. The van der Waals surface area contributed by atoms with Crippen molar-refractivity contribution in [2.75, 3.05) is 6.61 Å². The largest absolute Gasteiger partial charge is 0.493 e. The molecule has 134 valence electrons. The van der Waals surface area contributed by atoms with Crippen LogP contribution in [0.1, 0.15) is 37.6 Å². The van der Waals surface area contributed by atoms with E-state index in [-0.39, 0.29) is 17.7 Å². The third-order valence-corrected chi connectivity index (χ3v) is 4.57. The molecule has 0 fully saturated rings. The zero-order chi connectivity index (χ0) is 18.7. The Kier molecular flexibility index (Phi) is 5.16. The van der Waals surface area contributed by atoms with Gasteiger partial charge in [0.15, 0.2) is 0 Å². The molecule has 1 aromatic rings. The van der Waals surface area contributed by atoms with E-state index < -0.39 is 0 Å². The number of rotatable bonds is 4. The monoisotopic (exact) mass is 350 g/mol. The fourth-order valence-electron chi connectivity index (χ4n) is 3.27. The second-order valence-corrected chi connectivity index (χ2v) is 6.18. The first-order valence-corrected chi connectivity index (χ1v) is 8.80. The van der Waals surface area contributed by atoms with Crippen LogP contribution in [0.25, 0.3) is 0 Å². The summed E-state index contributed by atoms with van der Waals surface area (Å²) in [7, 11) is 0. The highest BCUT2D eigenvalue weighted by Crippen LogP contribution is 2.31. The molecule has 1 aliphatic heterocycles. The van der Waals surface area contributed by atoms with E-state index in [9.17, 15) is 9.59 Å². The van der Waals surface area contributed by atoms with E-state index in [1.807, 2.05) is 39.0 Å². The topological polar surface area (TPSA) is 67.8 Å². The summed E-state index contributed by atoms with van der Waals surface area (Å²) in [6, 6.07) is 7.05. The van der Waals surface area contributed by atoms with Crippen LogP contribution < -0.4 is 10.1 Å². The Hall–Kier alpha value is -2.95. The number of aliphatic imine (C=N–C) groups is 1. The first kappa shape index (κ1) is 17.9. The van der Waals surface area contributed by atoms with Gasteiger partial charge in [0, 0.05) is 17.2 Å². The van der Waals surface area contributed by atoms with Crippen LogP contribution in [-0.4, -0.2) is 24.1 Å². The van der Waals surface area contributed by atoms with Gasteiger partial charge in [-0.2, -0.15) is 0 Å². The van der Waals surface area contributed by atoms with E-state index in [1.165, 1.54) is 0 Å². The van der Waals surface area contributed by atoms with Crippen LogP contribution in [0.2, 0.25) is 0 Å². The van der Waals surface area contributed by atoms with Crippen LogP contribution >= 0.6 is 0 Å². The summed E-state index contributed by atoms with van der Waals surface area (Å²) >= 11 is 0. The lowest BCUT2D eigenvalue weighted by Gasteiger charge is -2.29. The molecule has 1 unspecified atom stereocenters. The van der Waals surface area contributed by atoms with Crippen molar-refractivity contribution in [3.63, 3.8) is 0 Å². The Bertz CT molecular complexity index is 875. The molecule has 0 saturated heterocycles. The van der Waals surface area contributed by atoms with Crippen molar-refractivity contribution in [3.05, 3.63) is 64.9 Å². The lowest BCUT2D eigenvalue weighted by atomic mass is 9.84. The smallest absolute Gasteiger partial charge is 0.281 e. The van der Waals surface area contributed by atoms with Crippen molar-refractivity contribution in [2.45, 2.75) is 27.2 Å². The predicted molar refractivity (Wildman–Crippen MR) is 101 cm³/mol. The van der Waals surface area contributed by atoms with Crippen molar-refractivity contribution in [1.29, 1.82) is 0 Å². The summed E-state index contributed by atoms with van der Waals surface area (Å²) in [6.45, 7) is 6.30.